The smallest absolute Gasteiger partial charge is 0.257 e. The van der Waals surface area contributed by atoms with E-state index in [1.54, 1.807) is 30.3 Å². The van der Waals surface area contributed by atoms with Crippen LogP contribution in [0.3, 0.4) is 0 Å². The Hall–Kier alpha value is -4.30. The molecule has 0 aromatic heterocycles. The van der Waals surface area contributed by atoms with E-state index < -0.39 is 40.3 Å². The Bertz CT molecular complexity index is 1230. The number of amidine groups is 1. The van der Waals surface area contributed by atoms with E-state index in [1.807, 2.05) is 0 Å². The van der Waals surface area contributed by atoms with Crippen molar-refractivity contribution in [3.63, 3.8) is 0 Å². The Morgan fingerprint density at radius 3 is 2.11 bits per heavy atom. The second-order valence-corrected chi connectivity index (χ2v) is 9.74. The van der Waals surface area contributed by atoms with Crippen molar-refractivity contribution in [3.8, 4) is 0 Å². The summed E-state index contributed by atoms with van der Waals surface area (Å²) in [5.74, 6) is -3.06. The number of nitrogens with one attached hydrogen (secondary N) is 6. The molecule has 37 heavy (non-hydrogen) atoms. The zero-order valence-electron chi connectivity index (χ0n) is 19.9. The lowest BCUT2D eigenvalue weighted by molar-refractivity contribution is -0.126. The quantitative estimate of drug-likeness (QED) is 0.0915. The van der Waals surface area contributed by atoms with Gasteiger partial charge in [0, 0.05) is 17.7 Å². The number of amides is 3. The lowest BCUT2D eigenvalue weighted by Crippen LogP contribution is -2.49. The standard InChI is InChI=1S/C23H30N8O5S/c24-20(25)16-8-10-17(11-9-16)21(33)30-19(32)13-29-22(34)18(7-4-12-28-23(26)27)31-37(35,36)14-15-5-2-1-3-6-15/h1-3,5-6,8-11,18,31H,4,7,12-14H2,(H3,24,25)(H,29,34)(H4,26,27,28)(H,30,32,33)/t18-/m1/s1. The lowest BCUT2D eigenvalue weighted by Gasteiger charge is -2.19. The van der Waals surface area contributed by atoms with Gasteiger partial charge in [-0.2, -0.15) is 0 Å². The van der Waals surface area contributed by atoms with E-state index in [0.717, 1.165) is 0 Å². The van der Waals surface area contributed by atoms with Gasteiger partial charge >= 0.3 is 0 Å². The molecule has 198 valence electrons. The maximum Gasteiger partial charge on any atom is 0.257 e. The number of imide groups is 1. The van der Waals surface area contributed by atoms with Crippen LogP contribution in [0.1, 0.15) is 34.3 Å². The SMILES string of the molecule is N=C(N)NCCC[C@@H](NS(=O)(=O)Cc1ccccc1)C(=O)NCC(=O)NC(=O)c1ccc(C(=N)N)cc1. The maximum atomic E-state index is 12.7. The molecule has 0 saturated heterocycles. The Morgan fingerprint density at radius 1 is 0.892 bits per heavy atom. The topological polar surface area (TPSA) is 233 Å². The summed E-state index contributed by atoms with van der Waals surface area (Å²) in [4.78, 5) is 37.2. The zero-order chi connectivity index (χ0) is 27.4. The van der Waals surface area contributed by atoms with E-state index >= 15 is 0 Å². The number of benzene rings is 2. The first-order chi connectivity index (χ1) is 17.5. The van der Waals surface area contributed by atoms with E-state index in [4.69, 9.17) is 22.3 Å². The number of nitrogens with two attached hydrogens (primary N) is 2. The van der Waals surface area contributed by atoms with Gasteiger partial charge in [-0.15, -0.1) is 0 Å². The highest BCUT2D eigenvalue weighted by atomic mass is 32.2. The molecule has 2 aromatic carbocycles. The second kappa shape index (κ2) is 13.7. The van der Waals surface area contributed by atoms with Gasteiger partial charge in [0.25, 0.3) is 5.91 Å². The van der Waals surface area contributed by atoms with Crippen LogP contribution >= 0.6 is 0 Å². The molecule has 13 nitrogen and oxygen atoms in total. The molecule has 2 aromatic rings. The Labute approximate surface area is 214 Å². The van der Waals surface area contributed by atoms with Gasteiger partial charge in [0.2, 0.25) is 21.8 Å². The molecule has 0 aliphatic carbocycles. The number of carbonyl (C=O) groups excluding carboxylic acids is 3. The first kappa shape index (κ1) is 28.9. The molecule has 2 rings (SSSR count). The molecule has 0 fully saturated rings. The number of carbonyl (C=O) groups is 3. The minimum absolute atomic E-state index is 0.0587. The van der Waals surface area contributed by atoms with E-state index in [-0.39, 0.29) is 36.1 Å². The third-order valence-corrected chi connectivity index (χ3v) is 6.31. The number of sulfonamides is 1. The lowest BCUT2D eigenvalue weighted by atomic mass is 10.1. The highest BCUT2D eigenvalue weighted by molar-refractivity contribution is 7.88. The molecule has 3 amide bonds. The number of hydrogen-bond acceptors (Lipinski definition) is 7. The van der Waals surface area contributed by atoms with Crippen LogP contribution in [-0.4, -0.2) is 57.1 Å². The van der Waals surface area contributed by atoms with Crippen LogP contribution in [0, 0.1) is 10.8 Å². The molecule has 0 aliphatic heterocycles. The van der Waals surface area contributed by atoms with E-state index in [1.165, 1.54) is 24.3 Å². The average Bonchev–Trinajstić information content (AvgIpc) is 2.84. The predicted molar refractivity (Wildman–Crippen MR) is 138 cm³/mol. The van der Waals surface area contributed by atoms with Crippen molar-refractivity contribution in [2.45, 2.75) is 24.6 Å². The van der Waals surface area contributed by atoms with E-state index in [0.29, 0.717) is 17.5 Å². The summed E-state index contributed by atoms with van der Waals surface area (Å²) in [6.45, 7) is -0.338. The monoisotopic (exact) mass is 530 g/mol. The second-order valence-electron chi connectivity index (χ2n) is 7.98. The summed E-state index contributed by atoms with van der Waals surface area (Å²) < 4.78 is 27.7. The van der Waals surface area contributed by atoms with Crippen LogP contribution in [0.5, 0.6) is 0 Å². The van der Waals surface area contributed by atoms with Gasteiger partial charge in [0.1, 0.15) is 11.9 Å². The van der Waals surface area contributed by atoms with Crippen molar-refractivity contribution in [3.05, 3.63) is 71.3 Å². The number of guanidine groups is 1. The average molecular weight is 531 g/mol. The molecular formula is C23H30N8O5S. The molecule has 0 bridgehead atoms. The van der Waals surface area contributed by atoms with Crippen LogP contribution in [-0.2, 0) is 25.4 Å². The zero-order valence-corrected chi connectivity index (χ0v) is 20.7. The van der Waals surface area contributed by atoms with Crippen LogP contribution < -0.4 is 32.1 Å². The molecule has 0 unspecified atom stereocenters. The van der Waals surface area contributed by atoms with Gasteiger partial charge in [-0.25, -0.2) is 13.1 Å². The van der Waals surface area contributed by atoms with Crippen LogP contribution in [0.15, 0.2) is 54.6 Å². The summed E-state index contributed by atoms with van der Waals surface area (Å²) in [5.41, 5.74) is 11.7. The van der Waals surface area contributed by atoms with E-state index in [2.05, 4.69) is 20.7 Å². The first-order valence-electron chi connectivity index (χ1n) is 11.1. The first-order valence-corrected chi connectivity index (χ1v) is 12.8. The Kier molecular flexibility index (Phi) is 10.7. The van der Waals surface area contributed by atoms with Crippen molar-refractivity contribution in [1.29, 1.82) is 10.8 Å². The van der Waals surface area contributed by atoms with Gasteiger partial charge in [-0.3, -0.25) is 30.5 Å². The minimum Gasteiger partial charge on any atom is -0.384 e. The predicted octanol–water partition coefficient (Wildman–Crippen LogP) is -0.905. The highest BCUT2D eigenvalue weighted by Gasteiger charge is 2.25. The molecular weight excluding hydrogens is 500 g/mol. The molecule has 0 spiro atoms. The number of nitrogen functional groups attached to an aromatic ring is 1. The van der Waals surface area contributed by atoms with Crippen molar-refractivity contribution >= 4 is 39.5 Å². The van der Waals surface area contributed by atoms with Gasteiger partial charge in [0.05, 0.1) is 12.3 Å². The third-order valence-electron chi connectivity index (χ3n) is 4.96. The fourth-order valence-corrected chi connectivity index (χ4v) is 4.53. The molecule has 14 heteroatoms. The number of rotatable bonds is 13. The minimum atomic E-state index is -3.91. The van der Waals surface area contributed by atoms with Gasteiger partial charge < -0.3 is 22.1 Å². The molecule has 10 N–H and O–H groups in total. The Balaban J connectivity index is 1.97. The summed E-state index contributed by atoms with van der Waals surface area (Å²) in [7, 11) is -3.91. The molecule has 0 heterocycles. The van der Waals surface area contributed by atoms with Crippen molar-refractivity contribution in [1.82, 2.24) is 20.7 Å². The van der Waals surface area contributed by atoms with Crippen LogP contribution in [0.2, 0.25) is 0 Å². The normalized spacial score (nSPS) is 11.7. The van der Waals surface area contributed by atoms with Gasteiger partial charge in [-0.1, -0.05) is 42.5 Å². The Morgan fingerprint density at radius 2 is 1.51 bits per heavy atom. The fourth-order valence-electron chi connectivity index (χ4n) is 3.16. The molecule has 1 atom stereocenters. The summed E-state index contributed by atoms with van der Waals surface area (Å²) in [6, 6.07) is 12.9. The van der Waals surface area contributed by atoms with Crippen molar-refractivity contribution < 1.29 is 22.8 Å². The van der Waals surface area contributed by atoms with Crippen LogP contribution in [0.4, 0.5) is 0 Å². The summed E-state index contributed by atoms with van der Waals surface area (Å²) in [5, 5.41) is 21.6. The maximum absolute atomic E-state index is 12.7. The fraction of sp³-hybridized carbons (Fsp3) is 0.261. The molecule has 0 saturated carbocycles. The van der Waals surface area contributed by atoms with Crippen molar-refractivity contribution in [2.24, 2.45) is 11.5 Å². The summed E-state index contributed by atoms with van der Waals surface area (Å²) >= 11 is 0. The summed E-state index contributed by atoms with van der Waals surface area (Å²) in [6.07, 6.45) is 0.357. The highest BCUT2D eigenvalue weighted by Crippen LogP contribution is 2.07. The van der Waals surface area contributed by atoms with Gasteiger partial charge in [-0.05, 0) is 30.5 Å². The largest absolute Gasteiger partial charge is 0.384 e. The van der Waals surface area contributed by atoms with Crippen molar-refractivity contribution in [2.75, 3.05) is 13.1 Å². The molecule has 0 radical (unpaired) electrons. The molecule has 0 aliphatic rings. The van der Waals surface area contributed by atoms with Crippen LogP contribution in [0.25, 0.3) is 0 Å². The third kappa shape index (κ3) is 10.5. The van der Waals surface area contributed by atoms with E-state index in [9.17, 15) is 22.8 Å². The van der Waals surface area contributed by atoms with Gasteiger partial charge in [0.15, 0.2) is 5.96 Å². The number of hydrogen-bond donors (Lipinski definition) is 8.